The van der Waals surface area contributed by atoms with Gasteiger partial charge in [0.15, 0.2) is 0 Å². The molecule has 0 aliphatic heterocycles. The molecule has 0 bridgehead atoms. The van der Waals surface area contributed by atoms with E-state index < -0.39 is 18.0 Å². The largest absolute Gasteiger partial charge is 0.481 e. The Morgan fingerprint density at radius 2 is 1.67 bits per heavy atom. The molecular formula is C5H9Fe2NO4. The third-order valence-electron chi connectivity index (χ3n) is 0.986. The van der Waals surface area contributed by atoms with Gasteiger partial charge in [0.05, 0.1) is 0 Å². The number of nitrogens with two attached hydrogens (primary N) is 1. The van der Waals surface area contributed by atoms with Crippen molar-refractivity contribution < 1.29 is 53.9 Å². The number of carboxylic acid groups (broad SMARTS) is 2. The molecule has 74 valence electrons. The fourth-order valence-electron chi connectivity index (χ4n) is 0.402. The minimum Gasteiger partial charge on any atom is -0.481 e. The average Bonchev–Trinajstić information content (AvgIpc) is 1.82. The fourth-order valence-corrected chi connectivity index (χ4v) is 0.402. The molecule has 4 N–H and O–H groups in total. The van der Waals surface area contributed by atoms with Crippen molar-refractivity contribution >= 4 is 11.9 Å². The van der Waals surface area contributed by atoms with E-state index in [0.29, 0.717) is 0 Å². The zero-order chi connectivity index (χ0) is 8.15. The number of carboxylic acids is 2. The van der Waals surface area contributed by atoms with Crippen LogP contribution >= 0.6 is 0 Å². The monoisotopic (exact) mass is 259 g/mol. The third-order valence-corrected chi connectivity index (χ3v) is 0.986. The van der Waals surface area contributed by atoms with E-state index >= 15 is 0 Å². The van der Waals surface area contributed by atoms with Crippen LogP contribution in [0.3, 0.4) is 0 Å². The van der Waals surface area contributed by atoms with Crippen LogP contribution in [-0.2, 0) is 43.7 Å². The van der Waals surface area contributed by atoms with Crippen molar-refractivity contribution in [3.63, 3.8) is 0 Å². The van der Waals surface area contributed by atoms with Gasteiger partial charge < -0.3 is 15.9 Å². The summed E-state index contributed by atoms with van der Waals surface area (Å²) in [6, 6.07) is -1.06. The minimum atomic E-state index is -1.17. The Bertz CT molecular complexity index is 152. The summed E-state index contributed by atoms with van der Waals surface area (Å²) < 4.78 is 0. The first-order valence-electron chi connectivity index (χ1n) is 2.74. The quantitative estimate of drug-likeness (QED) is 0.577. The predicted octanol–water partition coefficient (Wildman–Crippen LogP) is -0.742. The second-order valence-electron chi connectivity index (χ2n) is 1.88. The number of hydrogen-bond donors (Lipinski definition) is 3. The van der Waals surface area contributed by atoms with Crippen molar-refractivity contribution in [2.24, 2.45) is 5.73 Å². The van der Waals surface area contributed by atoms with Crippen molar-refractivity contribution in [3.05, 3.63) is 0 Å². The third kappa shape index (κ3) is 9.94. The average molecular weight is 259 g/mol. The Balaban J connectivity index is -0.000000405. The van der Waals surface area contributed by atoms with Crippen molar-refractivity contribution in [2.45, 2.75) is 18.9 Å². The summed E-state index contributed by atoms with van der Waals surface area (Å²) in [5.41, 5.74) is 5.00. The van der Waals surface area contributed by atoms with Crippen molar-refractivity contribution in [1.29, 1.82) is 0 Å². The number of aliphatic carboxylic acids is 2. The molecule has 0 aromatic rings. The maximum Gasteiger partial charge on any atom is 0.320 e. The van der Waals surface area contributed by atoms with Gasteiger partial charge in [-0.2, -0.15) is 0 Å². The molecule has 0 saturated heterocycles. The molecule has 0 saturated carbocycles. The van der Waals surface area contributed by atoms with Gasteiger partial charge in [-0.25, -0.2) is 0 Å². The normalized spacial score (nSPS) is 10.4. The summed E-state index contributed by atoms with van der Waals surface area (Å²) in [6.45, 7) is 0. The van der Waals surface area contributed by atoms with Crippen LogP contribution in [0.2, 0.25) is 0 Å². The van der Waals surface area contributed by atoms with Gasteiger partial charge in [0.25, 0.3) is 0 Å². The van der Waals surface area contributed by atoms with Crippen LogP contribution in [0.25, 0.3) is 0 Å². The zero-order valence-electron chi connectivity index (χ0n) is 5.99. The Labute approximate surface area is 90.6 Å². The first-order valence-corrected chi connectivity index (χ1v) is 2.74. The Morgan fingerprint density at radius 1 is 1.25 bits per heavy atom. The van der Waals surface area contributed by atoms with E-state index in [4.69, 9.17) is 15.9 Å². The predicted molar refractivity (Wildman–Crippen MR) is 32.5 cm³/mol. The summed E-state index contributed by atoms with van der Waals surface area (Å²) in [5, 5.41) is 16.3. The smallest absolute Gasteiger partial charge is 0.320 e. The molecule has 0 amide bonds. The zero-order valence-corrected chi connectivity index (χ0v) is 8.20. The second-order valence-corrected chi connectivity index (χ2v) is 1.88. The molecule has 0 aliphatic rings. The maximum absolute atomic E-state index is 9.99. The van der Waals surface area contributed by atoms with Gasteiger partial charge in [-0.05, 0) is 6.42 Å². The standard InChI is InChI=1S/C5H9NO4.2Fe/c6-3(5(9)10)1-2-4(7)8;;/h3H,1-2,6H2,(H,7,8)(H,9,10);;/t3-;;/m0../s1. The second kappa shape index (κ2) is 9.03. The fraction of sp³-hybridized carbons (Fsp3) is 0.600. The van der Waals surface area contributed by atoms with Gasteiger partial charge in [-0.15, -0.1) is 0 Å². The van der Waals surface area contributed by atoms with Gasteiger partial charge in [-0.1, -0.05) is 0 Å². The van der Waals surface area contributed by atoms with Crippen molar-refractivity contribution in [3.8, 4) is 0 Å². The Morgan fingerprint density at radius 3 is 1.92 bits per heavy atom. The molecule has 0 fully saturated rings. The Kier molecular flexibility index (Phi) is 13.5. The summed E-state index contributed by atoms with van der Waals surface area (Å²) in [5.74, 6) is -2.20. The summed E-state index contributed by atoms with van der Waals surface area (Å²) in [6.07, 6.45) is -0.224. The maximum atomic E-state index is 9.99. The minimum absolute atomic E-state index is 0. The molecule has 1 atom stereocenters. The number of rotatable bonds is 4. The molecule has 0 aromatic carbocycles. The molecule has 5 nitrogen and oxygen atoms in total. The summed E-state index contributed by atoms with van der Waals surface area (Å²) >= 11 is 0. The summed E-state index contributed by atoms with van der Waals surface area (Å²) in [4.78, 5) is 19.9. The van der Waals surface area contributed by atoms with Crippen LogP contribution in [0.4, 0.5) is 0 Å². The van der Waals surface area contributed by atoms with Crippen LogP contribution in [0.15, 0.2) is 0 Å². The SMILES string of the molecule is N[C@@H](CCC(=O)O)C(=O)O.[Fe].[Fe]. The number of hydrogen-bond acceptors (Lipinski definition) is 3. The molecule has 0 aromatic heterocycles. The van der Waals surface area contributed by atoms with Crippen LogP contribution in [-0.4, -0.2) is 28.2 Å². The topological polar surface area (TPSA) is 101 Å². The van der Waals surface area contributed by atoms with Crippen LogP contribution in [0, 0.1) is 0 Å². The summed E-state index contributed by atoms with van der Waals surface area (Å²) in [7, 11) is 0. The van der Waals surface area contributed by atoms with Crippen LogP contribution in [0.5, 0.6) is 0 Å². The van der Waals surface area contributed by atoms with E-state index in [1.807, 2.05) is 0 Å². The molecular weight excluding hydrogens is 250 g/mol. The van der Waals surface area contributed by atoms with Gasteiger partial charge in [0, 0.05) is 40.6 Å². The van der Waals surface area contributed by atoms with E-state index in [2.05, 4.69) is 0 Å². The molecule has 0 rings (SSSR count). The Hall–Kier alpha value is -0.0610. The van der Waals surface area contributed by atoms with Crippen molar-refractivity contribution in [1.82, 2.24) is 0 Å². The van der Waals surface area contributed by atoms with Gasteiger partial charge in [-0.3, -0.25) is 9.59 Å². The molecule has 0 unspecified atom stereocenters. The van der Waals surface area contributed by atoms with E-state index in [9.17, 15) is 9.59 Å². The van der Waals surface area contributed by atoms with E-state index in [1.165, 1.54) is 0 Å². The molecule has 7 heteroatoms. The van der Waals surface area contributed by atoms with Gasteiger partial charge in [0.1, 0.15) is 6.04 Å². The molecule has 12 heavy (non-hydrogen) atoms. The van der Waals surface area contributed by atoms with Gasteiger partial charge >= 0.3 is 11.9 Å². The van der Waals surface area contributed by atoms with Crippen LogP contribution in [0.1, 0.15) is 12.8 Å². The molecule has 0 heterocycles. The van der Waals surface area contributed by atoms with Crippen LogP contribution < -0.4 is 5.73 Å². The van der Waals surface area contributed by atoms with E-state index in [-0.39, 0.29) is 47.0 Å². The molecule has 0 aliphatic carbocycles. The van der Waals surface area contributed by atoms with Gasteiger partial charge in [0.2, 0.25) is 0 Å². The molecule has 0 radical (unpaired) electrons. The first-order chi connectivity index (χ1) is 4.54. The molecule has 0 spiro atoms. The number of carbonyl (C=O) groups is 2. The van der Waals surface area contributed by atoms with E-state index in [0.717, 1.165) is 0 Å². The first kappa shape index (κ1) is 17.9. The van der Waals surface area contributed by atoms with E-state index in [1.54, 1.807) is 0 Å². The van der Waals surface area contributed by atoms with Crippen molar-refractivity contribution in [2.75, 3.05) is 0 Å².